The third-order valence-corrected chi connectivity index (χ3v) is 5.23. The van der Waals surface area contributed by atoms with Crippen molar-refractivity contribution < 1.29 is 37.3 Å². The van der Waals surface area contributed by atoms with Crippen molar-refractivity contribution in [1.29, 1.82) is 0 Å². The number of nitrogens with zero attached hydrogens (tertiary/aromatic N) is 3. The Labute approximate surface area is 173 Å². The van der Waals surface area contributed by atoms with Crippen LogP contribution in [0.25, 0.3) is 0 Å². The Balaban J connectivity index is 1.54. The van der Waals surface area contributed by atoms with Crippen LogP contribution >= 0.6 is 0 Å². The number of non-ortho nitro benzene ring substituents is 1. The van der Waals surface area contributed by atoms with Gasteiger partial charge in [-0.05, 0) is 24.8 Å². The molecule has 0 atom stereocenters. The number of hydrogen-bond acceptors (Lipinski definition) is 6. The molecule has 2 aliphatic heterocycles. The molecule has 0 bridgehead atoms. The predicted molar refractivity (Wildman–Crippen MR) is 96.8 cm³/mol. The average Bonchev–Trinajstić information content (AvgIpc) is 2.96. The molecule has 10 nitrogen and oxygen atoms in total. The smallest absolute Gasteiger partial charge is 0.348 e. The lowest BCUT2D eigenvalue weighted by Gasteiger charge is -2.32. The Morgan fingerprint density at radius 3 is 2.32 bits per heavy atom. The molecular formula is C18H17F3N4O6. The topological polar surface area (TPSA) is 130 Å². The van der Waals surface area contributed by atoms with E-state index < -0.39 is 41.3 Å². The van der Waals surface area contributed by atoms with Crippen LogP contribution in [0.5, 0.6) is 0 Å². The van der Waals surface area contributed by atoms with Crippen molar-refractivity contribution in [3.05, 3.63) is 39.4 Å². The molecule has 0 radical (unpaired) electrons. The third-order valence-electron chi connectivity index (χ3n) is 5.23. The Morgan fingerprint density at radius 2 is 1.74 bits per heavy atom. The maximum atomic E-state index is 12.5. The second-order valence-corrected chi connectivity index (χ2v) is 7.22. The van der Waals surface area contributed by atoms with Crippen molar-refractivity contribution in [3.63, 3.8) is 0 Å². The van der Waals surface area contributed by atoms with Crippen molar-refractivity contribution in [2.75, 3.05) is 26.2 Å². The van der Waals surface area contributed by atoms with E-state index in [1.54, 1.807) is 0 Å². The molecule has 2 aliphatic rings. The molecule has 1 saturated heterocycles. The first kappa shape index (κ1) is 22.2. The number of benzene rings is 1. The number of halogens is 3. The molecule has 0 unspecified atom stereocenters. The number of imide groups is 1. The highest BCUT2D eigenvalue weighted by Crippen LogP contribution is 2.27. The van der Waals surface area contributed by atoms with Crippen LogP contribution in [-0.4, -0.2) is 70.7 Å². The summed E-state index contributed by atoms with van der Waals surface area (Å²) in [7, 11) is 0. The zero-order chi connectivity index (χ0) is 22.9. The fraction of sp³-hybridized carbons (Fsp3) is 0.444. The van der Waals surface area contributed by atoms with Crippen molar-refractivity contribution >= 4 is 29.3 Å². The van der Waals surface area contributed by atoms with Gasteiger partial charge in [-0.25, -0.2) is 0 Å². The number of carbonyl (C=O) groups excluding carboxylic acids is 4. The normalized spacial score (nSPS) is 17.0. The number of nitro groups is 1. The minimum atomic E-state index is -4.95. The summed E-state index contributed by atoms with van der Waals surface area (Å²) in [6.07, 6.45) is -4.26. The molecule has 31 heavy (non-hydrogen) atoms. The summed E-state index contributed by atoms with van der Waals surface area (Å²) in [6, 6.07) is 3.25. The summed E-state index contributed by atoms with van der Waals surface area (Å²) >= 11 is 0. The summed E-state index contributed by atoms with van der Waals surface area (Å²) < 4.78 is 36.7. The van der Waals surface area contributed by atoms with E-state index in [1.165, 1.54) is 11.0 Å². The second-order valence-electron chi connectivity index (χ2n) is 7.22. The highest BCUT2D eigenvalue weighted by Gasteiger charge is 2.40. The Morgan fingerprint density at radius 1 is 1.13 bits per heavy atom. The van der Waals surface area contributed by atoms with Crippen LogP contribution in [0.2, 0.25) is 0 Å². The molecule has 0 saturated carbocycles. The molecule has 0 aliphatic carbocycles. The fourth-order valence-electron chi connectivity index (χ4n) is 3.49. The molecule has 166 valence electrons. The number of hydrogen-bond donors (Lipinski definition) is 1. The van der Waals surface area contributed by atoms with Gasteiger partial charge in [0.2, 0.25) is 5.91 Å². The van der Waals surface area contributed by atoms with E-state index in [1.807, 2.05) is 5.32 Å². The van der Waals surface area contributed by atoms with E-state index in [2.05, 4.69) is 0 Å². The van der Waals surface area contributed by atoms with Crippen LogP contribution < -0.4 is 5.32 Å². The molecular weight excluding hydrogens is 425 g/mol. The predicted octanol–water partition coefficient (Wildman–Crippen LogP) is 1.11. The van der Waals surface area contributed by atoms with Gasteiger partial charge >= 0.3 is 12.1 Å². The highest BCUT2D eigenvalue weighted by molar-refractivity contribution is 6.22. The highest BCUT2D eigenvalue weighted by atomic mass is 19.4. The molecule has 13 heteroatoms. The van der Waals surface area contributed by atoms with Crippen molar-refractivity contribution in [2.45, 2.75) is 19.0 Å². The summed E-state index contributed by atoms with van der Waals surface area (Å²) in [5, 5.41) is 12.7. The van der Waals surface area contributed by atoms with Gasteiger partial charge in [0.15, 0.2) is 0 Å². The van der Waals surface area contributed by atoms with Crippen molar-refractivity contribution in [2.24, 2.45) is 5.92 Å². The number of alkyl halides is 3. The second kappa shape index (κ2) is 8.32. The number of likely N-dealkylation sites (tertiary alicyclic amines) is 1. The summed E-state index contributed by atoms with van der Waals surface area (Å²) in [6.45, 7) is -0.326. The van der Waals surface area contributed by atoms with Crippen LogP contribution in [0.3, 0.4) is 0 Å². The summed E-state index contributed by atoms with van der Waals surface area (Å²) in [5.41, 5.74) is -0.526. The zero-order valence-corrected chi connectivity index (χ0v) is 16.0. The fourth-order valence-corrected chi connectivity index (χ4v) is 3.49. The lowest BCUT2D eigenvalue weighted by Crippen LogP contribution is -2.47. The Kier molecular flexibility index (Phi) is 5.95. The lowest BCUT2D eigenvalue weighted by molar-refractivity contribution is -0.384. The molecule has 1 aromatic carbocycles. The number of nitro benzene ring substituents is 1. The van der Waals surface area contributed by atoms with Crippen LogP contribution in [0, 0.1) is 16.0 Å². The number of carbonyl (C=O) groups is 4. The number of piperidine rings is 1. The van der Waals surface area contributed by atoms with Crippen molar-refractivity contribution in [1.82, 2.24) is 15.1 Å². The van der Waals surface area contributed by atoms with Gasteiger partial charge in [-0.3, -0.25) is 34.2 Å². The molecule has 2 heterocycles. The molecule has 4 amide bonds. The van der Waals surface area contributed by atoms with Crippen LogP contribution in [0.15, 0.2) is 18.2 Å². The molecule has 1 aromatic rings. The first-order chi connectivity index (χ1) is 14.5. The van der Waals surface area contributed by atoms with E-state index in [4.69, 9.17) is 0 Å². The quantitative estimate of drug-likeness (QED) is 0.413. The molecule has 0 spiro atoms. The van der Waals surface area contributed by atoms with Gasteiger partial charge in [0, 0.05) is 31.8 Å². The molecule has 1 N–H and O–H groups in total. The number of fused-ring (bicyclic) bond motifs is 1. The number of amides is 4. The van der Waals surface area contributed by atoms with Gasteiger partial charge in [-0.15, -0.1) is 0 Å². The molecule has 0 aromatic heterocycles. The van der Waals surface area contributed by atoms with Gasteiger partial charge < -0.3 is 10.2 Å². The van der Waals surface area contributed by atoms with E-state index in [9.17, 15) is 42.5 Å². The van der Waals surface area contributed by atoms with Gasteiger partial charge in [0.25, 0.3) is 17.5 Å². The first-order valence-corrected chi connectivity index (χ1v) is 9.26. The van der Waals surface area contributed by atoms with E-state index >= 15 is 0 Å². The monoisotopic (exact) mass is 442 g/mol. The molecule has 3 rings (SSSR count). The minimum absolute atomic E-state index is 0.0254. The lowest BCUT2D eigenvalue weighted by atomic mass is 9.96. The maximum absolute atomic E-state index is 12.5. The SMILES string of the molecule is O=C(CN1C(=O)c2ccc([N+](=O)[O-])cc2C1=O)N1CCC(CNC(=O)C(F)(F)F)CC1. The van der Waals surface area contributed by atoms with Crippen LogP contribution in [0.1, 0.15) is 33.6 Å². The minimum Gasteiger partial charge on any atom is -0.348 e. The zero-order valence-electron chi connectivity index (χ0n) is 16.0. The van der Waals surface area contributed by atoms with Crippen LogP contribution in [-0.2, 0) is 9.59 Å². The summed E-state index contributed by atoms with van der Waals surface area (Å²) in [4.78, 5) is 60.6. The van der Waals surface area contributed by atoms with E-state index in [0.717, 1.165) is 12.1 Å². The number of rotatable bonds is 5. The third kappa shape index (κ3) is 4.64. The first-order valence-electron chi connectivity index (χ1n) is 9.26. The van der Waals surface area contributed by atoms with Gasteiger partial charge in [0.05, 0.1) is 16.1 Å². The largest absolute Gasteiger partial charge is 0.471 e. The van der Waals surface area contributed by atoms with Gasteiger partial charge in [-0.2, -0.15) is 13.2 Å². The number of nitrogens with one attached hydrogen (secondary N) is 1. The van der Waals surface area contributed by atoms with E-state index in [0.29, 0.717) is 17.7 Å². The van der Waals surface area contributed by atoms with Gasteiger partial charge in [0.1, 0.15) is 6.54 Å². The van der Waals surface area contributed by atoms with Gasteiger partial charge in [-0.1, -0.05) is 0 Å². The van der Waals surface area contributed by atoms with E-state index in [-0.39, 0.29) is 42.4 Å². The molecule has 1 fully saturated rings. The average molecular weight is 442 g/mol. The Hall–Kier alpha value is -3.51. The standard InChI is InChI=1S/C18H17F3N4O6/c19-18(20,21)17(29)22-8-10-3-5-23(6-4-10)14(26)9-24-15(27)12-2-1-11(25(30)31)7-13(12)16(24)28/h1-2,7,10H,3-6,8-9H2,(H,22,29). The van der Waals surface area contributed by atoms with Crippen molar-refractivity contribution in [3.8, 4) is 0 Å². The summed E-state index contributed by atoms with van der Waals surface area (Å²) in [5.74, 6) is -4.32. The maximum Gasteiger partial charge on any atom is 0.471 e. The van der Waals surface area contributed by atoms with Crippen LogP contribution in [0.4, 0.5) is 18.9 Å². The Bertz CT molecular complexity index is 956.